The number of nitrogens with zero attached hydrogens (tertiary/aromatic N) is 3. The predicted octanol–water partition coefficient (Wildman–Crippen LogP) is 1.82. The van der Waals surface area contributed by atoms with Crippen molar-refractivity contribution in [1.29, 1.82) is 0 Å². The van der Waals surface area contributed by atoms with Crippen LogP contribution in [0.4, 0.5) is 0 Å². The van der Waals surface area contributed by atoms with Crippen LogP contribution in [0.1, 0.15) is 0 Å². The van der Waals surface area contributed by atoms with Gasteiger partial charge in [-0.05, 0) is 18.2 Å². The van der Waals surface area contributed by atoms with Crippen LogP contribution in [0.2, 0.25) is 10.0 Å². The zero-order chi connectivity index (χ0) is 11.8. The molecule has 16 heavy (non-hydrogen) atoms. The van der Waals surface area contributed by atoms with Gasteiger partial charge >= 0.3 is 0 Å². The minimum Gasteiger partial charge on any atom is -0.222 e. The molecule has 0 aliphatic carbocycles. The summed E-state index contributed by atoms with van der Waals surface area (Å²) in [5.41, 5.74) is 0. The highest BCUT2D eigenvalue weighted by Crippen LogP contribution is 2.26. The van der Waals surface area contributed by atoms with Gasteiger partial charge in [-0.1, -0.05) is 23.2 Å². The lowest BCUT2D eigenvalue weighted by Crippen LogP contribution is -2.13. The molecule has 2 rings (SSSR count). The fourth-order valence-electron chi connectivity index (χ4n) is 1.10. The third-order valence-electron chi connectivity index (χ3n) is 1.81. The van der Waals surface area contributed by atoms with Crippen LogP contribution < -0.4 is 0 Å². The van der Waals surface area contributed by atoms with Crippen molar-refractivity contribution < 1.29 is 8.42 Å². The molecule has 1 aromatic heterocycles. The van der Waals surface area contributed by atoms with E-state index in [2.05, 4.69) is 10.1 Å². The number of benzene rings is 1. The first kappa shape index (κ1) is 11.4. The van der Waals surface area contributed by atoms with Crippen LogP contribution in [0.25, 0.3) is 0 Å². The van der Waals surface area contributed by atoms with Gasteiger partial charge in [0, 0.05) is 5.02 Å². The maximum absolute atomic E-state index is 12.0. The maximum atomic E-state index is 12.0. The van der Waals surface area contributed by atoms with Gasteiger partial charge in [0.25, 0.3) is 10.0 Å². The predicted molar refractivity (Wildman–Crippen MR) is 59.1 cm³/mol. The van der Waals surface area contributed by atoms with Crippen molar-refractivity contribution in [2.24, 2.45) is 0 Å². The van der Waals surface area contributed by atoms with Gasteiger partial charge in [-0.2, -0.15) is 8.42 Å². The van der Waals surface area contributed by atoms with E-state index in [1.54, 1.807) is 0 Å². The summed E-state index contributed by atoms with van der Waals surface area (Å²) in [5, 5.41) is 3.91. The van der Waals surface area contributed by atoms with Crippen molar-refractivity contribution >= 4 is 33.2 Å². The van der Waals surface area contributed by atoms with Gasteiger partial charge in [-0.25, -0.2) is 4.98 Å². The van der Waals surface area contributed by atoms with Crippen LogP contribution in [-0.4, -0.2) is 22.6 Å². The normalized spacial score (nSPS) is 11.6. The minimum atomic E-state index is -3.82. The maximum Gasteiger partial charge on any atom is 0.285 e. The third-order valence-corrected chi connectivity index (χ3v) is 4.07. The average molecular weight is 278 g/mol. The lowest BCUT2D eigenvalue weighted by atomic mass is 10.4. The molecule has 84 valence electrons. The molecule has 0 aliphatic heterocycles. The smallest absolute Gasteiger partial charge is 0.222 e. The Morgan fingerprint density at radius 3 is 2.62 bits per heavy atom. The molecule has 0 spiro atoms. The van der Waals surface area contributed by atoms with E-state index in [0.717, 1.165) is 16.7 Å². The highest BCUT2D eigenvalue weighted by Gasteiger charge is 2.21. The topological polar surface area (TPSA) is 64.8 Å². The Bertz CT molecular complexity index is 610. The Balaban J connectivity index is 2.65. The van der Waals surface area contributed by atoms with Gasteiger partial charge in [0.05, 0.1) is 5.02 Å². The molecule has 8 heteroatoms. The summed E-state index contributed by atoms with van der Waals surface area (Å²) < 4.78 is 24.7. The molecule has 0 aliphatic rings. The van der Waals surface area contributed by atoms with Gasteiger partial charge in [0.1, 0.15) is 17.6 Å². The molecule has 0 saturated heterocycles. The van der Waals surface area contributed by atoms with E-state index in [1.807, 2.05) is 0 Å². The van der Waals surface area contributed by atoms with Gasteiger partial charge < -0.3 is 0 Å². The molecule has 0 fully saturated rings. The third kappa shape index (κ3) is 1.91. The zero-order valence-corrected chi connectivity index (χ0v) is 10.0. The van der Waals surface area contributed by atoms with Crippen LogP contribution >= 0.6 is 23.2 Å². The van der Waals surface area contributed by atoms with Crippen LogP contribution in [0.5, 0.6) is 0 Å². The number of halogens is 2. The summed E-state index contributed by atoms with van der Waals surface area (Å²) in [6.45, 7) is 0. The summed E-state index contributed by atoms with van der Waals surface area (Å²) in [7, 11) is -3.82. The molecule has 0 saturated carbocycles. The second-order valence-corrected chi connectivity index (χ2v) is 5.46. The highest BCUT2D eigenvalue weighted by molar-refractivity contribution is 7.90. The SMILES string of the molecule is O=S(=O)(c1cc(Cl)ccc1Cl)n1cncn1. The quantitative estimate of drug-likeness (QED) is 0.840. The molecule has 0 atom stereocenters. The van der Waals surface area contributed by atoms with Crippen molar-refractivity contribution in [3.05, 3.63) is 40.9 Å². The average Bonchev–Trinajstić information content (AvgIpc) is 2.75. The molecule has 0 radical (unpaired) electrons. The van der Waals surface area contributed by atoms with Crippen molar-refractivity contribution in [1.82, 2.24) is 14.2 Å². The number of aromatic nitrogens is 3. The molecule has 1 heterocycles. The Hall–Kier alpha value is -1.11. The number of rotatable bonds is 2. The standard InChI is InChI=1S/C8H5Cl2N3O2S/c9-6-1-2-7(10)8(3-6)16(14,15)13-5-11-4-12-13/h1-5H. The first-order chi connectivity index (χ1) is 7.51. The first-order valence-corrected chi connectivity index (χ1v) is 6.26. The molecule has 0 N–H and O–H groups in total. The lowest BCUT2D eigenvalue weighted by molar-refractivity contribution is 0.580. The number of hydrogen-bond acceptors (Lipinski definition) is 4. The van der Waals surface area contributed by atoms with Crippen LogP contribution in [0.3, 0.4) is 0 Å². The summed E-state index contributed by atoms with van der Waals surface area (Å²) in [6.07, 6.45) is 2.20. The van der Waals surface area contributed by atoms with Crippen molar-refractivity contribution in [3.8, 4) is 0 Å². The number of hydrogen-bond donors (Lipinski definition) is 0. The minimum absolute atomic E-state index is 0.0832. The van der Waals surface area contributed by atoms with E-state index in [4.69, 9.17) is 23.2 Å². The van der Waals surface area contributed by atoms with Crippen LogP contribution in [0, 0.1) is 0 Å². The van der Waals surface area contributed by atoms with E-state index in [9.17, 15) is 8.42 Å². The summed E-state index contributed by atoms with van der Waals surface area (Å²) in [6, 6.07) is 4.18. The molecule has 0 unspecified atom stereocenters. The molecule has 5 nitrogen and oxygen atoms in total. The van der Waals surface area contributed by atoms with E-state index in [-0.39, 0.29) is 14.9 Å². The Kier molecular flexibility index (Phi) is 2.88. The molecule has 0 bridgehead atoms. The lowest BCUT2D eigenvalue weighted by Gasteiger charge is -2.05. The van der Waals surface area contributed by atoms with E-state index in [1.165, 1.54) is 18.2 Å². The van der Waals surface area contributed by atoms with E-state index < -0.39 is 10.0 Å². The molecule has 1 aromatic carbocycles. The Labute approximate surface area is 102 Å². The Morgan fingerprint density at radius 1 is 1.25 bits per heavy atom. The molecule has 2 aromatic rings. The summed E-state index contributed by atoms with van der Waals surface area (Å²) in [5.74, 6) is 0. The van der Waals surface area contributed by atoms with Crippen LogP contribution in [-0.2, 0) is 10.0 Å². The molecular weight excluding hydrogens is 273 g/mol. The van der Waals surface area contributed by atoms with Crippen molar-refractivity contribution in [2.45, 2.75) is 4.90 Å². The zero-order valence-electron chi connectivity index (χ0n) is 7.71. The van der Waals surface area contributed by atoms with Gasteiger partial charge in [0.2, 0.25) is 0 Å². The second kappa shape index (κ2) is 4.04. The fourth-order valence-corrected chi connectivity index (χ4v) is 2.88. The Morgan fingerprint density at radius 2 is 2.00 bits per heavy atom. The summed E-state index contributed by atoms with van der Waals surface area (Å²) >= 11 is 11.5. The van der Waals surface area contributed by atoms with Crippen molar-refractivity contribution in [2.75, 3.05) is 0 Å². The van der Waals surface area contributed by atoms with Gasteiger partial charge in [-0.3, -0.25) is 0 Å². The highest BCUT2D eigenvalue weighted by atomic mass is 35.5. The van der Waals surface area contributed by atoms with E-state index >= 15 is 0 Å². The summed E-state index contributed by atoms with van der Waals surface area (Å²) in [4.78, 5) is 3.46. The van der Waals surface area contributed by atoms with Gasteiger partial charge in [-0.15, -0.1) is 9.19 Å². The largest absolute Gasteiger partial charge is 0.285 e. The monoisotopic (exact) mass is 277 g/mol. The first-order valence-electron chi connectivity index (χ1n) is 4.07. The van der Waals surface area contributed by atoms with E-state index in [0.29, 0.717) is 0 Å². The van der Waals surface area contributed by atoms with Crippen molar-refractivity contribution in [3.63, 3.8) is 0 Å². The molecule has 0 amide bonds. The van der Waals surface area contributed by atoms with Crippen LogP contribution in [0.15, 0.2) is 35.7 Å². The molecular formula is C8H5Cl2N3O2S. The fraction of sp³-hybridized carbons (Fsp3) is 0. The second-order valence-electron chi connectivity index (χ2n) is 2.85. The van der Waals surface area contributed by atoms with Gasteiger partial charge in [0.15, 0.2) is 0 Å².